The van der Waals surface area contributed by atoms with E-state index in [-0.39, 0.29) is 5.91 Å². The van der Waals surface area contributed by atoms with E-state index in [1.807, 2.05) is 24.3 Å². The molecule has 0 saturated heterocycles. The number of nitrogens with zero attached hydrogens (tertiary/aromatic N) is 1. The number of anilines is 1. The van der Waals surface area contributed by atoms with Gasteiger partial charge in [0.25, 0.3) is 0 Å². The number of carbonyl (C=O) groups is 1. The fourth-order valence-corrected chi connectivity index (χ4v) is 2.19. The first kappa shape index (κ1) is 16.4. The maximum atomic E-state index is 12.3. The van der Waals surface area contributed by atoms with Crippen molar-refractivity contribution >= 4 is 11.6 Å². The molecule has 0 fully saturated rings. The molecule has 1 atom stereocenters. The van der Waals surface area contributed by atoms with Crippen LogP contribution in [-0.2, 0) is 11.2 Å². The lowest BCUT2D eigenvalue weighted by atomic mass is 9.99. The van der Waals surface area contributed by atoms with E-state index < -0.39 is 5.92 Å². The number of hydrogen-bond donors (Lipinski definition) is 1. The van der Waals surface area contributed by atoms with Crippen LogP contribution >= 0.6 is 0 Å². The standard InChI is InChI=1S/C18H18N2O3/c1-22-16-9-7-15(8-10-16)20-18(21)14(12-19)11-13-5-3-4-6-17(13)23-2/h3-10,14H,11H2,1-2H3,(H,20,21)/t14-/m1/s1. The van der Waals surface area contributed by atoms with Gasteiger partial charge in [0.1, 0.15) is 17.4 Å². The van der Waals surface area contributed by atoms with Gasteiger partial charge in [0.15, 0.2) is 0 Å². The highest BCUT2D eigenvalue weighted by Gasteiger charge is 2.20. The summed E-state index contributed by atoms with van der Waals surface area (Å²) in [5.74, 6) is 0.232. The summed E-state index contributed by atoms with van der Waals surface area (Å²) in [6.07, 6.45) is 0.294. The number of methoxy groups -OCH3 is 2. The molecule has 23 heavy (non-hydrogen) atoms. The first-order valence-corrected chi connectivity index (χ1v) is 7.14. The Bertz CT molecular complexity index is 705. The number of para-hydroxylation sites is 1. The van der Waals surface area contributed by atoms with Crippen LogP contribution in [0.1, 0.15) is 5.56 Å². The monoisotopic (exact) mass is 310 g/mol. The van der Waals surface area contributed by atoms with E-state index >= 15 is 0 Å². The van der Waals surface area contributed by atoms with Crippen molar-refractivity contribution < 1.29 is 14.3 Å². The normalized spacial score (nSPS) is 11.2. The summed E-state index contributed by atoms with van der Waals surface area (Å²) in [4.78, 5) is 12.3. The van der Waals surface area contributed by atoms with Crippen LogP contribution < -0.4 is 14.8 Å². The van der Waals surface area contributed by atoms with E-state index in [9.17, 15) is 10.1 Å². The topological polar surface area (TPSA) is 71.3 Å². The Labute approximate surface area is 135 Å². The zero-order chi connectivity index (χ0) is 16.7. The molecule has 5 heteroatoms. The summed E-state index contributed by atoms with van der Waals surface area (Å²) in [7, 11) is 3.14. The molecular weight excluding hydrogens is 292 g/mol. The lowest BCUT2D eigenvalue weighted by Gasteiger charge is -2.13. The average molecular weight is 310 g/mol. The van der Waals surface area contributed by atoms with Crippen LogP contribution in [0.3, 0.4) is 0 Å². The minimum Gasteiger partial charge on any atom is -0.497 e. The van der Waals surface area contributed by atoms with Gasteiger partial charge in [-0.2, -0.15) is 5.26 Å². The molecule has 0 aromatic heterocycles. The molecule has 2 rings (SSSR count). The van der Waals surface area contributed by atoms with E-state index in [2.05, 4.69) is 11.4 Å². The molecule has 0 bridgehead atoms. The van der Waals surface area contributed by atoms with Crippen molar-refractivity contribution in [3.05, 3.63) is 54.1 Å². The highest BCUT2D eigenvalue weighted by Crippen LogP contribution is 2.22. The smallest absolute Gasteiger partial charge is 0.242 e. The van der Waals surface area contributed by atoms with Gasteiger partial charge in [-0.15, -0.1) is 0 Å². The number of nitrogens with one attached hydrogen (secondary N) is 1. The van der Waals surface area contributed by atoms with Crippen molar-refractivity contribution in [2.24, 2.45) is 5.92 Å². The summed E-state index contributed by atoms with van der Waals surface area (Å²) < 4.78 is 10.3. The maximum absolute atomic E-state index is 12.3. The summed E-state index contributed by atoms with van der Waals surface area (Å²) in [5.41, 5.74) is 1.45. The van der Waals surface area contributed by atoms with Crippen LogP contribution in [-0.4, -0.2) is 20.1 Å². The van der Waals surface area contributed by atoms with Crippen LogP contribution in [0.5, 0.6) is 11.5 Å². The van der Waals surface area contributed by atoms with Crippen LogP contribution in [0.4, 0.5) is 5.69 Å². The van der Waals surface area contributed by atoms with E-state index in [0.717, 1.165) is 5.56 Å². The number of rotatable bonds is 6. The van der Waals surface area contributed by atoms with Crippen LogP contribution in [0.2, 0.25) is 0 Å². The van der Waals surface area contributed by atoms with Gasteiger partial charge >= 0.3 is 0 Å². The van der Waals surface area contributed by atoms with Crippen molar-refractivity contribution in [3.8, 4) is 17.6 Å². The number of amides is 1. The largest absolute Gasteiger partial charge is 0.497 e. The molecule has 2 aromatic carbocycles. The summed E-state index contributed by atoms with van der Waals surface area (Å²) in [6, 6.07) is 16.4. The first-order chi connectivity index (χ1) is 11.2. The van der Waals surface area contributed by atoms with Crippen molar-refractivity contribution in [1.29, 1.82) is 5.26 Å². The summed E-state index contributed by atoms with van der Waals surface area (Å²) >= 11 is 0. The molecule has 0 spiro atoms. The fraction of sp³-hybridized carbons (Fsp3) is 0.222. The molecule has 118 valence electrons. The Morgan fingerprint density at radius 3 is 2.43 bits per heavy atom. The lowest BCUT2D eigenvalue weighted by Crippen LogP contribution is -2.23. The van der Waals surface area contributed by atoms with Gasteiger partial charge in [0, 0.05) is 12.1 Å². The number of nitriles is 1. The van der Waals surface area contributed by atoms with Gasteiger partial charge in [0.2, 0.25) is 5.91 Å². The third kappa shape index (κ3) is 4.24. The Hall–Kier alpha value is -3.00. The second-order valence-corrected chi connectivity index (χ2v) is 4.92. The highest BCUT2D eigenvalue weighted by molar-refractivity contribution is 5.94. The summed E-state index contributed by atoms with van der Waals surface area (Å²) in [6.45, 7) is 0. The van der Waals surface area contributed by atoms with E-state index in [1.165, 1.54) is 0 Å². The second kappa shape index (κ2) is 7.85. The van der Waals surface area contributed by atoms with Crippen LogP contribution in [0.15, 0.2) is 48.5 Å². The van der Waals surface area contributed by atoms with Crippen molar-refractivity contribution in [1.82, 2.24) is 0 Å². The number of benzene rings is 2. The quantitative estimate of drug-likeness (QED) is 0.890. The molecule has 2 aromatic rings. The van der Waals surface area contributed by atoms with E-state index in [1.54, 1.807) is 38.5 Å². The molecule has 5 nitrogen and oxygen atoms in total. The highest BCUT2D eigenvalue weighted by atomic mass is 16.5. The van der Waals surface area contributed by atoms with Crippen molar-refractivity contribution in [2.75, 3.05) is 19.5 Å². The first-order valence-electron chi connectivity index (χ1n) is 7.14. The predicted molar refractivity (Wildman–Crippen MR) is 87.4 cm³/mol. The van der Waals surface area contributed by atoms with Crippen LogP contribution in [0, 0.1) is 17.2 Å². The Morgan fingerprint density at radius 2 is 1.83 bits per heavy atom. The molecular formula is C18H18N2O3. The molecule has 0 unspecified atom stereocenters. The molecule has 0 aliphatic carbocycles. The zero-order valence-corrected chi connectivity index (χ0v) is 13.1. The molecule has 0 radical (unpaired) electrons. The third-order valence-electron chi connectivity index (χ3n) is 3.45. The van der Waals surface area contributed by atoms with E-state index in [0.29, 0.717) is 23.6 Å². The van der Waals surface area contributed by atoms with Crippen molar-refractivity contribution in [2.45, 2.75) is 6.42 Å². The lowest BCUT2D eigenvalue weighted by molar-refractivity contribution is -0.118. The number of ether oxygens (including phenoxy) is 2. The molecule has 1 amide bonds. The molecule has 0 aliphatic rings. The minimum absolute atomic E-state index is 0.294. The van der Waals surface area contributed by atoms with Gasteiger partial charge in [-0.3, -0.25) is 4.79 Å². The zero-order valence-electron chi connectivity index (χ0n) is 13.1. The van der Waals surface area contributed by atoms with Gasteiger partial charge < -0.3 is 14.8 Å². The second-order valence-electron chi connectivity index (χ2n) is 4.92. The Kier molecular flexibility index (Phi) is 5.59. The maximum Gasteiger partial charge on any atom is 0.242 e. The Balaban J connectivity index is 2.07. The Morgan fingerprint density at radius 1 is 1.13 bits per heavy atom. The fourth-order valence-electron chi connectivity index (χ4n) is 2.19. The molecule has 0 heterocycles. The SMILES string of the molecule is COc1ccc(NC(=O)[C@@H](C#N)Cc2ccccc2OC)cc1. The third-order valence-corrected chi connectivity index (χ3v) is 3.45. The van der Waals surface area contributed by atoms with Crippen LogP contribution in [0.25, 0.3) is 0 Å². The van der Waals surface area contributed by atoms with Gasteiger partial charge in [-0.25, -0.2) is 0 Å². The minimum atomic E-state index is -0.798. The number of carbonyl (C=O) groups excluding carboxylic acids is 1. The molecule has 1 N–H and O–H groups in total. The van der Waals surface area contributed by atoms with Gasteiger partial charge in [0.05, 0.1) is 20.3 Å². The average Bonchev–Trinajstić information content (AvgIpc) is 2.60. The summed E-state index contributed by atoms with van der Waals surface area (Å²) in [5, 5.41) is 12.1. The molecule has 0 saturated carbocycles. The number of hydrogen-bond acceptors (Lipinski definition) is 4. The predicted octanol–water partition coefficient (Wildman–Crippen LogP) is 3.02. The molecule has 0 aliphatic heterocycles. The van der Waals surface area contributed by atoms with E-state index in [4.69, 9.17) is 9.47 Å². The van der Waals surface area contributed by atoms with Gasteiger partial charge in [-0.1, -0.05) is 18.2 Å². The van der Waals surface area contributed by atoms with Crippen molar-refractivity contribution in [3.63, 3.8) is 0 Å². The van der Waals surface area contributed by atoms with Gasteiger partial charge in [-0.05, 0) is 35.9 Å².